The van der Waals surface area contributed by atoms with E-state index in [2.05, 4.69) is 12.2 Å². The Kier molecular flexibility index (Phi) is 6.52. The van der Waals surface area contributed by atoms with Crippen molar-refractivity contribution in [3.63, 3.8) is 0 Å². The first-order chi connectivity index (χ1) is 9.49. The highest BCUT2D eigenvalue weighted by atomic mass is 16.5. The van der Waals surface area contributed by atoms with Gasteiger partial charge in [0.2, 0.25) is 0 Å². The number of nitrogens with one attached hydrogen (secondary N) is 1. The third-order valence-electron chi connectivity index (χ3n) is 3.02. The Labute approximate surface area is 121 Å². The van der Waals surface area contributed by atoms with E-state index in [-0.39, 0.29) is 5.97 Å². The summed E-state index contributed by atoms with van der Waals surface area (Å²) in [6.07, 6.45) is 1.13. The molecule has 1 rings (SSSR count). The van der Waals surface area contributed by atoms with Gasteiger partial charge in [-0.25, -0.2) is 0 Å². The lowest BCUT2D eigenvalue weighted by Crippen LogP contribution is -2.32. The summed E-state index contributed by atoms with van der Waals surface area (Å²) in [6, 6.07) is 7.92. The SMILES string of the molecule is CCCNCc1ccc(OCC(C)(C)C(=O)OC)cc1. The van der Waals surface area contributed by atoms with Gasteiger partial charge in [0.1, 0.15) is 12.4 Å². The van der Waals surface area contributed by atoms with Gasteiger partial charge in [0.05, 0.1) is 12.5 Å². The van der Waals surface area contributed by atoms with Crippen molar-refractivity contribution in [3.8, 4) is 5.75 Å². The van der Waals surface area contributed by atoms with Gasteiger partial charge < -0.3 is 14.8 Å². The summed E-state index contributed by atoms with van der Waals surface area (Å²) in [6.45, 7) is 7.94. The second-order valence-electron chi connectivity index (χ2n) is 5.48. The summed E-state index contributed by atoms with van der Waals surface area (Å²) in [5, 5.41) is 3.35. The van der Waals surface area contributed by atoms with Gasteiger partial charge in [-0.3, -0.25) is 4.79 Å². The molecule has 20 heavy (non-hydrogen) atoms. The lowest BCUT2D eigenvalue weighted by Gasteiger charge is -2.21. The Morgan fingerprint density at radius 2 is 1.90 bits per heavy atom. The number of ether oxygens (including phenoxy) is 2. The van der Waals surface area contributed by atoms with Gasteiger partial charge in [-0.15, -0.1) is 0 Å². The second kappa shape index (κ2) is 7.90. The Balaban J connectivity index is 2.47. The molecule has 1 aromatic rings. The molecule has 0 aliphatic carbocycles. The molecule has 0 aromatic heterocycles. The van der Waals surface area contributed by atoms with E-state index in [1.54, 1.807) is 0 Å². The molecule has 0 unspecified atom stereocenters. The highest BCUT2D eigenvalue weighted by Crippen LogP contribution is 2.20. The summed E-state index contributed by atoms with van der Waals surface area (Å²) in [4.78, 5) is 11.5. The fourth-order valence-electron chi connectivity index (χ4n) is 1.71. The van der Waals surface area contributed by atoms with Crippen LogP contribution in [0.5, 0.6) is 5.75 Å². The van der Waals surface area contributed by atoms with Crippen molar-refractivity contribution < 1.29 is 14.3 Å². The zero-order valence-corrected chi connectivity index (χ0v) is 12.9. The van der Waals surface area contributed by atoms with Gasteiger partial charge in [-0.2, -0.15) is 0 Å². The van der Waals surface area contributed by atoms with E-state index in [0.717, 1.165) is 25.3 Å². The van der Waals surface area contributed by atoms with Gasteiger partial charge in [0, 0.05) is 6.54 Å². The van der Waals surface area contributed by atoms with Gasteiger partial charge in [0.15, 0.2) is 0 Å². The van der Waals surface area contributed by atoms with Crippen LogP contribution in [-0.2, 0) is 16.1 Å². The van der Waals surface area contributed by atoms with Gasteiger partial charge in [-0.05, 0) is 44.5 Å². The van der Waals surface area contributed by atoms with E-state index in [9.17, 15) is 4.79 Å². The van der Waals surface area contributed by atoms with Crippen molar-refractivity contribution in [2.24, 2.45) is 5.41 Å². The fourth-order valence-corrected chi connectivity index (χ4v) is 1.71. The van der Waals surface area contributed by atoms with E-state index in [4.69, 9.17) is 9.47 Å². The van der Waals surface area contributed by atoms with E-state index in [0.29, 0.717) is 6.61 Å². The maximum absolute atomic E-state index is 11.5. The summed E-state index contributed by atoms with van der Waals surface area (Å²) in [5.41, 5.74) is 0.578. The maximum Gasteiger partial charge on any atom is 0.314 e. The molecule has 0 heterocycles. The number of hydrogen-bond donors (Lipinski definition) is 1. The lowest BCUT2D eigenvalue weighted by molar-refractivity contribution is -0.152. The summed E-state index contributed by atoms with van der Waals surface area (Å²) in [5.74, 6) is 0.499. The Bertz CT molecular complexity index is 412. The molecule has 0 radical (unpaired) electrons. The van der Waals surface area contributed by atoms with E-state index >= 15 is 0 Å². The normalized spacial score (nSPS) is 11.2. The first-order valence-electron chi connectivity index (χ1n) is 7.00. The van der Waals surface area contributed by atoms with Gasteiger partial charge >= 0.3 is 5.97 Å². The molecule has 1 N–H and O–H groups in total. The van der Waals surface area contributed by atoms with Crippen molar-refractivity contribution in [1.29, 1.82) is 0 Å². The molecule has 1 aromatic carbocycles. The van der Waals surface area contributed by atoms with Crippen molar-refractivity contribution in [2.75, 3.05) is 20.3 Å². The molecule has 0 saturated heterocycles. The molecule has 4 nitrogen and oxygen atoms in total. The largest absolute Gasteiger partial charge is 0.492 e. The lowest BCUT2D eigenvalue weighted by atomic mass is 9.95. The van der Waals surface area contributed by atoms with E-state index < -0.39 is 5.41 Å². The molecule has 0 aliphatic rings. The van der Waals surface area contributed by atoms with Crippen LogP contribution >= 0.6 is 0 Å². The van der Waals surface area contributed by atoms with Crippen molar-refractivity contribution in [3.05, 3.63) is 29.8 Å². The number of esters is 1. The number of rotatable bonds is 8. The maximum atomic E-state index is 11.5. The molecular weight excluding hydrogens is 254 g/mol. The summed E-state index contributed by atoms with van der Waals surface area (Å²) in [7, 11) is 1.39. The Hall–Kier alpha value is -1.55. The first kappa shape index (κ1) is 16.5. The van der Waals surface area contributed by atoms with Crippen LogP contribution in [0.4, 0.5) is 0 Å². The van der Waals surface area contributed by atoms with Crippen molar-refractivity contribution >= 4 is 5.97 Å². The number of hydrogen-bond acceptors (Lipinski definition) is 4. The standard InChI is InChI=1S/C16H25NO3/c1-5-10-17-11-13-6-8-14(9-7-13)20-12-16(2,3)15(18)19-4/h6-9,17H,5,10-12H2,1-4H3. The minimum atomic E-state index is -0.643. The minimum absolute atomic E-state index is 0.266. The molecule has 0 saturated carbocycles. The summed E-state index contributed by atoms with van der Waals surface area (Å²) < 4.78 is 10.4. The number of carbonyl (C=O) groups excluding carboxylic acids is 1. The smallest absolute Gasteiger partial charge is 0.314 e. The van der Waals surface area contributed by atoms with Crippen LogP contribution in [0.2, 0.25) is 0 Å². The van der Waals surface area contributed by atoms with Crippen LogP contribution in [0.25, 0.3) is 0 Å². The third-order valence-corrected chi connectivity index (χ3v) is 3.02. The number of carbonyl (C=O) groups is 1. The molecule has 0 aliphatic heterocycles. The van der Waals surface area contributed by atoms with Gasteiger partial charge in [-0.1, -0.05) is 19.1 Å². The highest BCUT2D eigenvalue weighted by molar-refractivity contribution is 5.75. The first-order valence-corrected chi connectivity index (χ1v) is 7.00. The van der Waals surface area contributed by atoms with Crippen LogP contribution in [0.15, 0.2) is 24.3 Å². The Morgan fingerprint density at radius 3 is 2.45 bits per heavy atom. The van der Waals surface area contributed by atoms with E-state index in [1.165, 1.54) is 12.7 Å². The molecule has 4 heteroatoms. The molecule has 0 spiro atoms. The Morgan fingerprint density at radius 1 is 1.25 bits per heavy atom. The molecular formula is C16H25NO3. The zero-order chi connectivity index (χ0) is 15.0. The molecule has 0 atom stereocenters. The molecule has 0 amide bonds. The third kappa shape index (κ3) is 5.21. The van der Waals surface area contributed by atoms with Crippen LogP contribution in [0, 0.1) is 5.41 Å². The molecule has 0 fully saturated rings. The average molecular weight is 279 g/mol. The number of methoxy groups -OCH3 is 1. The van der Waals surface area contributed by atoms with E-state index in [1.807, 2.05) is 38.1 Å². The fraction of sp³-hybridized carbons (Fsp3) is 0.562. The van der Waals surface area contributed by atoms with Crippen LogP contribution in [0.1, 0.15) is 32.8 Å². The van der Waals surface area contributed by atoms with Gasteiger partial charge in [0.25, 0.3) is 0 Å². The van der Waals surface area contributed by atoms with Crippen LogP contribution in [0.3, 0.4) is 0 Å². The quantitative estimate of drug-likeness (QED) is 0.587. The average Bonchev–Trinajstić information content (AvgIpc) is 2.46. The molecule has 0 bridgehead atoms. The van der Waals surface area contributed by atoms with Crippen molar-refractivity contribution in [2.45, 2.75) is 33.7 Å². The van der Waals surface area contributed by atoms with Crippen LogP contribution in [-0.4, -0.2) is 26.2 Å². The topological polar surface area (TPSA) is 47.6 Å². The van der Waals surface area contributed by atoms with Crippen LogP contribution < -0.4 is 10.1 Å². The number of benzene rings is 1. The highest BCUT2D eigenvalue weighted by Gasteiger charge is 2.29. The van der Waals surface area contributed by atoms with Crippen molar-refractivity contribution in [1.82, 2.24) is 5.32 Å². The predicted molar refractivity (Wildman–Crippen MR) is 79.7 cm³/mol. The predicted octanol–water partition coefficient (Wildman–Crippen LogP) is 2.76. The molecule has 112 valence electrons. The zero-order valence-electron chi connectivity index (χ0n) is 12.9. The second-order valence-corrected chi connectivity index (χ2v) is 5.48. The minimum Gasteiger partial charge on any atom is -0.492 e. The summed E-state index contributed by atoms with van der Waals surface area (Å²) >= 11 is 0. The monoisotopic (exact) mass is 279 g/mol.